The Bertz CT molecular complexity index is 1760. The second kappa shape index (κ2) is 16.0. The fraction of sp³-hybridized carbons (Fsp3) is 0.257. The molecule has 4 aromatic carbocycles. The van der Waals surface area contributed by atoms with Crippen LogP contribution in [0.5, 0.6) is 0 Å². The molecular formula is C35H35ClF3N3O4S. The molecule has 0 fully saturated rings. The summed E-state index contributed by atoms with van der Waals surface area (Å²) >= 11 is 6.48. The van der Waals surface area contributed by atoms with E-state index in [0.717, 1.165) is 24.1 Å². The predicted octanol–water partition coefficient (Wildman–Crippen LogP) is 7.11. The van der Waals surface area contributed by atoms with Crippen molar-refractivity contribution in [3.8, 4) is 0 Å². The van der Waals surface area contributed by atoms with Crippen molar-refractivity contribution in [2.75, 3.05) is 17.4 Å². The Balaban J connectivity index is 1.83. The number of nitrogens with zero attached hydrogens (tertiary/aromatic N) is 2. The highest BCUT2D eigenvalue weighted by Crippen LogP contribution is 2.33. The fourth-order valence-corrected chi connectivity index (χ4v) is 6.58. The molecule has 0 aliphatic heterocycles. The summed E-state index contributed by atoms with van der Waals surface area (Å²) in [6, 6.07) is 25.5. The minimum atomic E-state index is -4.77. The van der Waals surface area contributed by atoms with E-state index < -0.39 is 46.2 Å². The molecule has 12 heteroatoms. The van der Waals surface area contributed by atoms with Gasteiger partial charge in [-0.3, -0.25) is 13.9 Å². The molecule has 0 heterocycles. The summed E-state index contributed by atoms with van der Waals surface area (Å²) in [7, 11) is -4.56. The van der Waals surface area contributed by atoms with Crippen LogP contribution in [0.25, 0.3) is 0 Å². The second-order valence-corrected chi connectivity index (χ2v) is 13.1. The number of hydrogen-bond acceptors (Lipinski definition) is 4. The zero-order valence-electron chi connectivity index (χ0n) is 25.7. The smallest absolute Gasteiger partial charge is 0.354 e. The number of alkyl halides is 3. The van der Waals surface area contributed by atoms with Crippen molar-refractivity contribution < 1.29 is 31.2 Å². The van der Waals surface area contributed by atoms with E-state index in [1.807, 2.05) is 13.0 Å². The lowest BCUT2D eigenvalue weighted by Crippen LogP contribution is -2.53. The number of anilines is 1. The van der Waals surface area contributed by atoms with Gasteiger partial charge in [-0.05, 0) is 53.9 Å². The molecule has 0 aliphatic carbocycles. The molecule has 1 N–H and O–H groups in total. The topological polar surface area (TPSA) is 86.8 Å². The van der Waals surface area contributed by atoms with Crippen LogP contribution in [0.4, 0.5) is 18.9 Å². The summed E-state index contributed by atoms with van der Waals surface area (Å²) in [5, 5.41) is 3.20. The Labute approximate surface area is 278 Å². The number of sulfonamides is 1. The summed E-state index contributed by atoms with van der Waals surface area (Å²) in [6.45, 7) is 1.26. The van der Waals surface area contributed by atoms with Crippen molar-refractivity contribution in [1.29, 1.82) is 0 Å². The lowest BCUT2D eigenvalue weighted by Gasteiger charge is -2.34. The molecule has 0 bridgehead atoms. The highest BCUT2D eigenvalue weighted by atomic mass is 35.5. The molecule has 4 rings (SSSR count). The molecule has 47 heavy (non-hydrogen) atoms. The Morgan fingerprint density at radius 2 is 1.51 bits per heavy atom. The van der Waals surface area contributed by atoms with Gasteiger partial charge in [-0.15, -0.1) is 0 Å². The number of unbranched alkanes of at least 4 members (excludes halogenated alkanes) is 1. The second-order valence-electron chi connectivity index (χ2n) is 10.8. The van der Waals surface area contributed by atoms with Gasteiger partial charge in [0.2, 0.25) is 11.8 Å². The number of amides is 2. The maximum atomic E-state index is 14.4. The standard InChI is InChI=1S/C35H35ClF3N3O4S/c1-2-3-21-40-34(44)32(22-26-13-6-4-7-14-26)41(24-27-15-10-11-20-31(27)36)33(43)25-42(47(45,46)30-18-8-5-9-19-30)29-17-12-16-28(23-29)35(37,38)39/h4-20,23,32H,2-3,21-22,24-25H2,1H3,(H,40,44)/t32-/m1/s1. The SMILES string of the molecule is CCCCNC(=O)[C@@H](Cc1ccccc1)N(Cc1ccccc1Cl)C(=O)CN(c1cccc(C(F)(F)F)c1)S(=O)(=O)c1ccccc1. The van der Waals surface area contributed by atoms with Crippen LogP contribution in [-0.4, -0.2) is 44.3 Å². The first-order chi connectivity index (χ1) is 22.4. The molecule has 0 saturated carbocycles. The summed E-state index contributed by atoms with van der Waals surface area (Å²) in [5.74, 6) is -1.27. The van der Waals surface area contributed by atoms with Gasteiger partial charge in [-0.25, -0.2) is 8.42 Å². The Morgan fingerprint density at radius 3 is 2.15 bits per heavy atom. The van der Waals surface area contributed by atoms with Crippen LogP contribution in [0.15, 0.2) is 114 Å². The number of halogens is 4. The number of benzene rings is 4. The van der Waals surface area contributed by atoms with Gasteiger partial charge in [0.05, 0.1) is 16.1 Å². The zero-order valence-corrected chi connectivity index (χ0v) is 27.2. The maximum Gasteiger partial charge on any atom is 0.416 e. The third-order valence-electron chi connectivity index (χ3n) is 7.47. The molecule has 0 spiro atoms. The minimum Gasteiger partial charge on any atom is -0.354 e. The molecule has 248 valence electrons. The van der Waals surface area contributed by atoms with Crippen molar-refractivity contribution >= 4 is 39.1 Å². The molecule has 0 unspecified atom stereocenters. The number of hydrogen-bond donors (Lipinski definition) is 1. The van der Waals surface area contributed by atoms with Crippen LogP contribution >= 0.6 is 11.6 Å². The van der Waals surface area contributed by atoms with E-state index in [-0.39, 0.29) is 23.5 Å². The van der Waals surface area contributed by atoms with Crippen molar-refractivity contribution in [3.63, 3.8) is 0 Å². The maximum absolute atomic E-state index is 14.4. The largest absolute Gasteiger partial charge is 0.416 e. The van der Waals surface area contributed by atoms with Crippen LogP contribution in [0, 0.1) is 0 Å². The lowest BCUT2D eigenvalue weighted by molar-refractivity contribution is -0.140. The van der Waals surface area contributed by atoms with Gasteiger partial charge in [-0.2, -0.15) is 13.2 Å². The van der Waals surface area contributed by atoms with E-state index in [4.69, 9.17) is 11.6 Å². The molecule has 2 amide bonds. The van der Waals surface area contributed by atoms with Gasteiger partial charge in [0.25, 0.3) is 10.0 Å². The summed E-state index contributed by atoms with van der Waals surface area (Å²) < 4.78 is 69.9. The molecule has 0 aliphatic rings. The number of rotatable bonds is 14. The summed E-state index contributed by atoms with van der Waals surface area (Å²) in [6.07, 6.45) is -3.17. The summed E-state index contributed by atoms with van der Waals surface area (Å²) in [4.78, 5) is 29.2. The van der Waals surface area contributed by atoms with Crippen molar-refractivity contribution in [3.05, 3.63) is 131 Å². The van der Waals surface area contributed by atoms with Gasteiger partial charge in [0.15, 0.2) is 0 Å². The van der Waals surface area contributed by atoms with E-state index in [0.29, 0.717) is 33.9 Å². The first-order valence-corrected chi connectivity index (χ1v) is 16.8. The van der Waals surface area contributed by atoms with Gasteiger partial charge in [-0.1, -0.05) is 97.7 Å². The zero-order chi connectivity index (χ0) is 34.0. The van der Waals surface area contributed by atoms with Crippen molar-refractivity contribution in [2.45, 2.75) is 49.8 Å². The van der Waals surface area contributed by atoms with Crippen LogP contribution in [0.1, 0.15) is 36.5 Å². The Hall–Kier alpha value is -4.35. The molecular weight excluding hydrogens is 651 g/mol. The van der Waals surface area contributed by atoms with E-state index in [1.165, 1.54) is 35.2 Å². The number of carbonyl (C=O) groups is 2. The fourth-order valence-electron chi connectivity index (χ4n) is 4.96. The average molecular weight is 686 g/mol. The monoisotopic (exact) mass is 685 g/mol. The molecule has 0 radical (unpaired) electrons. The molecule has 4 aromatic rings. The third-order valence-corrected chi connectivity index (χ3v) is 9.63. The van der Waals surface area contributed by atoms with Gasteiger partial charge in [0, 0.05) is 24.5 Å². The van der Waals surface area contributed by atoms with Gasteiger partial charge < -0.3 is 10.2 Å². The number of carbonyl (C=O) groups excluding carboxylic acids is 2. The Kier molecular flexibility index (Phi) is 12.1. The molecule has 0 aromatic heterocycles. The van der Waals surface area contributed by atoms with Crippen LogP contribution in [0.2, 0.25) is 5.02 Å². The quantitative estimate of drug-likeness (QED) is 0.143. The van der Waals surface area contributed by atoms with Crippen LogP contribution < -0.4 is 9.62 Å². The minimum absolute atomic E-state index is 0.0873. The summed E-state index contributed by atoms with van der Waals surface area (Å²) in [5.41, 5.74) is -0.201. The van der Waals surface area contributed by atoms with E-state index >= 15 is 0 Å². The van der Waals surface area contributed by atoms with Crippen molar-refractivity contribution in [1.82, 2.24) is 10.2 Å². The van der Waals surface area contributed by atoms with Gasteiger partial charge >= 0.3 is 6.18 Å². The van der Waals surface area contributed by atoms with E-state index in [9.17, 15) is 31.2 Å². The lowest BCUT2D eigenvalue weighted by atomic mass is 10.0. The number of nitrogens with one attached hydrogen (secondary N) is 1. The first kappa shape index (κ1) is 35.5. The normalized spacial score (nSPS) is 12.3. The van der Waals surface area contributed by atoms with Crippen LogP contribution in [0.3, 0.4) is 0 Å². The highest BCUT2D eigenvalue weighted by molar-refractivity contribution is 7.92. The van der Waals surface area contributed by atoms with Crippen molar-refractivity contribution in [2.24, 2.45) is 0 Å². The van der Waals surface area contributed by atoms with E-state index in [2.05, 4.69) is 5.32 Å². The highest BCUT2D eigenvalue weighted by Gasteiger charge is 2.36. The van der Waals surface area contributed by atoms with Crippen LogP contribution in [-0.2, 0) is 38.8 Å². The molecule has 7 nitrogen and oxygen atoms in total. The van der Waals surface area contributed by atoms with Gasteiger partial charge in [0.1, 0.15) is 12.6 Å². The predicted molar refractivity (Wildman–Crippen MR) is 176 cm³/mol. The average Bonchev–Trinajstić information content (AvgIpc) is 3.06. The Morgan fingerprint density at radius 1 is 0.872 bits per heavy atom. The third kappa shape index (κ3) is 9.36. The van der Waals surface area contributed by atoms with E-state index in [1.54, 1.807) is 54.6 Å². The molecule has 1 atom stereocenters. The first-order valence-electron chi connectivity index (χ1n) is 15.0. The molecule has 0 saturated heterocycles.